The van der Waals surface area contributed by atoms with Gasteiger partial charge in [-0.3, -0.25) is 10.1 Å². The number of hydrogen-bond donors (Lipinski definition) is 1. The first kappa shape index (κ1) is 25.7. The fourth-order valence-corrected chi connectivity index (χ4v) is 5.15. The molecule has 0 spiro atoms. The summed E-state index contributed by atoms with van der Waals surface area (Å²) in [5.74, 6) is 0.0499. The van der Waals surface area contributed by atoms with E-state index in [4.69, 9.17) is 4.74 Å². The third-order valence-corrected chi connectivity index (χ3v) is 7.34. The minimum Gasteiger partial charge on any atom is -0.450 e. The number of hydrogen-bond acceptors (Lipinski definition) is 7. The average molecular weight is 515 g/mol. The van der Waals surface area contributed by atoms with Crippen molar-refractivity contribution in [1.29, 1.82) is 0 Å². The van der Waals surface area contributed by atoms with Crippen LogP contribution >= 0.6 is 11.3 Å². The molecular weight excluding hydrogens is 480 g/mol. The molecule has 36 heavy (non-hydrogen) atoms. The van der Waals surface area contributed by atoms with Crippen LogP contribution in [0.1, 0.15) is 23.7 Å². The van der Waals surface area contributed by atoms with Crippen LogP contribution < -0.4 is 10.2 Å². The van der Waals surface area contributed by atoms with Gasteiger partial charge in [-0.1, -0.05) is 12.1 Å². The van der Waals surface area contributed by atoms with E-state index in [1.807, 2.05) is 10.3 Å². The van der Waals surface area contributed by atoms with Gasteiger partial charge in [0.25, 0.3) is 0 Å². The smallest absolute Gasteiger partial charge is 0.409 e. The fourth-order valence-electron chi connectivity index (χ4n) is 4.45. The Hall–Kier alpha value is -3.34. The Kier molecular flexibility index (Phi) is 8.29. The molecule has 2 saturated heterocycles. The van der Waals surface area contributed by atoms with Gasteiger partial charge < -0.3 is 24.3 Å². The molecule has 0 atom stereocenters. The summed E-state index contributed by atoms with van der Waals surface area (Å²) in [5.41, 5.74) is 4.38. The Labute approximate surface area is 215 Å². The molecule has 3 heterocycles. The number of aromatic nitrogens is 1. The summed E-state index contributed by atoms with van der Waals surface area (Å²) in [7, 11) is 0. The van der Waals surface area contributed by atoms with Crippen molar-refractivity contribution in [2.45, 2.75) is 27.2 Å². The first-order chi connectivity index (χ1) is 17.3. The number of aryl methyl sites for hydroxylation is 2. The molecule has 1 aromatic carbocycles. The molecule has 194 valence electrons. The Morgan fingerprint density at radius 2 is 1.64 bits per heavy atom. The Bertz CT molecular complexity index is 1090. The molecule has 0 bridgehead atoms. The lowest BCUT2D eigenvalue weighted by Crippen LogP contribution is -2.51. The van der Waals surface area contributed by atoms with E-state index < -0.39 is 0 Å². The van der Waals surface area contributed by atoms with E-state index in [-0.39, 0.29) is 24.5 Å². The van der Waals surface area contributed by atoms with Gasteiger partial charge in [-0.05, 0) is 38.0 Å². The second-order valence-electron chi connectivity index (χ2n) is 9.08. The van der Waals surface area contributed by atoms with Crippen LogP contribution in [0.4, 0.5) is 20.4 Å². The van der Waals surface area contributed by atoms with Crippen LogP contribution in [0.2, 0.25) is 0 Å². The van der Waals surface area contributed by atoms with Gasteiger partial charge in [-0.2, -0.15) is 0 Å². The maximum absolute atomic E-state index is 12.9. The predicted molar refractivity (Wildman–Crippen MR) is 140 cm³/mol. The Morgan fingerprint density at radius 3 is 2.33 bits per heavy atom. The highest BCUT2D eigenvalue weighted by Gasteiger charge is 2.26. The van der Waals surface area contributed by atoms with Crippen molar-refractivity contribution < 1.29 is 19.1 Å². The van der Waals surface area contributed by atoms with Crippen LogP contribution in [-0.2, 0) is 16.0 Å². The van der Waals surface area contributed by atoms with Crippen molar-refractivity contribution in [3.63, 3.8) is 0 Å². The van der Waals surface area contributed by atoms with Gasteiger partial charge in [-0.25, -0.2) is 14.6 Å². The molecule has 4 amide bonds. The molecule has 0 aliphatic carbocycles. The second kappa shape index (κ2) is 11.6. The van der Waals surface area contributed by atoms with E-state index in [1.165, 1.54) is 28.2 Å². The summed E-state index contributed by atoms with van der Waals surface area (Å²) in [6.45, 7) is 11.0. The highest BCUT2D eigenvalue weighted by molar-refractivity contribution is 7.13. The van der Waals surface area contributed by atoms with E-state index in [2.05, 4.69) is 47.2 Å². The van der Waals surface area contributed by atoms with E-state index >= 15 is 0 Å². The normalized spacial score (nSPS) is 16.2. The number of nitrogens with one attached hydrogen (secondary N) is 1. The lowest BCUT2D eigenvalue weighted by atomic mass is 10.1. The zero-order chi connectivity index (χ0) is 25.7. The molecule has 2 fully saturated rings. The monoisotopic (exact) mass is 514 g/mol. The van der Waals surface area contributed by atoms with Gasteiger partial charge in [0.05, 0.1) is 18.7 Å². The molecule has 0 radical (unpaired) electrons. The van der Waals surface area contributed by atoms with Crippen molar-refractivity contribution in [1.82, 2.24) is 19.7 Å². The lowest BCUT2D eigenvalue weighted by molar-refractivity contribution is -0.130. The van der Waals surface area contributed by atoms with Crippen molar-refractivity contribution in [3.8, 4) is 0 Å². The van der Waals surface area contributed by atoms with Crippen LogP contribution in [0.25, 0.3) is 0 Å². The quantitative estimate of drug-likeness (QED) is 0.659. The average Bonchev–Trinajstić information content (AvgIpc) is 3.32. The van der Waals surface area contributed by atoms with E-state index in [0.717, 1.165) is 13.1 Å². The zero-order valence-electron chi connectivity index (χ0n) is 21.2. The summed E-state index contributed by atoms with van der Waals surface area (Å²) < 4.78 is 5.01. The van der Waals surface area contributed by atoms with Crippen LogP contribution in [0, 0.1) is 13.8 Å². The molecule has 2 aliphatic heterocycles. The van der Waals surface area contributed by atoms with Gasteiger partial charge >= 0.3 is 12.1 Å². The van der Waals surface area contributed by atoms with Gasteiger partial charge in [0.1, 0.15) is 0 Å². The van der Waals surface area contributed by atoms with E-state index in [9.17, 15) is 14.4 Å². The molecule has 10 nitrogen and oxygen atoms in total. The van der Waals surface area contributed by atoms with E-state index in [1.54, 1.807) is 16.7 Å². The SMILES string of the molecule is CCOC(=O)N1CCN(C(=O)Nc2nc(CC(=O)N3CCN(c4cc(C)ccc4C)CC3)cs2)CC1. The number of amides is 4. The summed E-state index contributed by atoms with van der Waals surface area (Å²) >= 11 is 1.31. The number of rotatable bonds is 5. The molecule has 1 N–H and O–H groups in total. The fraction of sp³-hybridized carbons (Fsp3) is 0.520. The van der Waals surface area contributed by atoms with Crippen molar-refractivity contribution in [2.75, 3.05) is 69.2 Å². The molecule has 2 aliphatic rings. The lowest BCUT2D eigenvalue weighted by Gasteiger charge is -2.37. The highest BCUT2D eigenvalue weighted by atomic mass is 32.1. The second-order valence-corrected chi connectivity index (χ2v) is 9.94. The minimum absolute atomic E-state index is 0.0499. The molecule has 0 unspecified atom stereocenters. The zero-order valence-corrected chi connectivity index (χ0v) is 22.0. The molecule has 0 saturated carbocycles. The third kappa shape index (κ3) is 6.26. The summed E-state index contributed by atoms with van der Waals surface area (Å²) in [6.07, 6.45) is -0.132. The third-order valence-electron chi connectivity index (χ3n) is 6.53. The molecular formula is C25H34N6O4S. The van der Waals surface area contributed by atoms with Crippen molar-refractivity contribution >= 4 is 40.2 Å². The van der Waals surface area contributed by atoms with Gasteiger partial charge in [0.2, 0.25) is 5.91 Å². The topological polar surface area (TPSA) is 98.3 Å². The standard InChI is InChI=1S/C25H34N6O4S/c1-4-35-25(34)31-13-11-30(12-14-31)24(33)27-23-26-20(17-36-23)16-22(32)29-9-7-28(8-10-29)21-15-18(2)5-6-19(21)3/h5-6,15,17H,4,7-14,16H2,1-3H3,(H,26,27,33). The Morgan fingerprint density at radius 1 is 0.972 bits per heavy atom. The molecule has 2 aromatic rings. The highest BCUT2D eigenvalue weighted by Crippen LogP contribution is 2.23. The van der Waals surface area contributed by atoms with Gasteiger partial charge in [0, 0.05) is 63.4 Å². The molecule has 4 rings (SSSR count). The van der Waals surface area contributed by atoms with Crippen molar-refractivity contribution in [3.05, 3.63) is 40.4 Å². The van der Waals surface area contributed by atoms with Crippen LogP contribution in [0.15, 0.2) is 23.6 Å². The van der Waals surface area contributed by atoms with Crippen LogP contribution in [0.5, 0.6) is 0 Å². The van der Waals surface area contributed by atoms with Gasteiger partial charge in [0.15, 0.2) is 5.13 Å². The molecule has 1 aromatic heterocycles. The number of thiazole rings is 1. The summed E-state index contributed by atoms with van der Waals surface area (Å²) in [4.78, 5) is 49.2. The number of anilines is 2. The Balaban J connectivity index is 1.23. The first-order valence-electron chi connectivity index (χ1n) is 12.4. The largest absolute Gasteiger partial charge is 0.450 e. The van der Waals surface area contributed by atoms with Crippen molar-refractivity contribution in [2.24, 2.45) is 0 Å². The minimum atomic E-state index is -0.349. The van der Waals surface area contributed by atoms with Crippen LogP contribution in [-0.4, -0.2) is 96.7 Å². The number of carbonyl (C=O) groups is 3. The molecule has 11 heteroatoms. The maximum atomic E-state index is 12.9. The number of urea groups is 1. The van der Waals surface area contributed by atoms with Crippen LogP contribution in [0.3, 0.4) is 0 Å². The number of benzene rings is 1. The van der Waals surface area contributed by atoms with E-state index in [0.29, 0.717) is 56.7 Å². The first-order valence-corrected chi connectivity index (χ1v) is 13.2. The summed E-state index contributed by atoms with van der Waals surface area (Å²) in [6, 6.07) is 6.21. The number of piperazine rings is 2. The van der Waals surface area contributed by atoms with Gasteiger partial charge in [-0.15, -0.1) is 11.3 Å². The predicted octanol–water partition coefficient (Wildman–Crippen LogP) is 2.96. The number of carbonyl (C=O) groups excluding carboxylic acids is 3. The number of ether oxygens (including phenoxy) is 1. The summed E-state index contributed by atoms with van der Waals surface area (Å²) in [5, 5.41) is 5.10. The number of nitrogens with zero attached hydrogens (tertiary/aromatic N) is 5. The maximum Gasteiger partial charge on any atom is 0.409 e.